The van der Waals surface area contributed by atoms with Gasteiger partial charge in [0.05, 0.1) is 19.8 Å². The number of hydrogen-bond acceptors (Lipinski definition) is 4. The second-order valence-corrected chi connectivity index (χ2v) is 3.90. The Hall–Kier alpha value is -0.610. The molecule has 14 heavy (non-hydrogen) atoms. The fourth-order valence-electron chi connectivity index (χ4n) is 1.15. The smallest absolute Gasteiger partial charge is 0.325 e. The molecule has 1 aliphatic rings. The zero-order valence-electron chi connectivity index (χ0n) is 9.08. The molecule has 0 spiro atoms. The largest absolute Gasteiger partial charge is 0.468 e. The highest BCUT2D eigenvalue weighted by Gasteiger charge is 2.29. The van der Waals surface area contributed by atoms with E-state index in [2.05, 4.69) is 5.32 Å². The van der Waals surface area contributed by atoms with E-state index in [0.29, 0.717) is 12.6 Å². The van der Waals surface area contributed by atoms with Crippen molar-refractivity contribution in [3.05, 3.63) is 0 Å². The van der Waals surface area contributed by atoms with E-state index in [1.54, 1.807) is 0 Å². The summed E-state index contributed by atoms with van der Waals surface area (Å²) in [5.41, 5.74) is 0. The highest BCUT2D eigenvalue weighted by Crippen LogP contribution is 2.19. The maximum Gasteiger partial charge on any atom is 0.325 e. The Kier molecular flexibility index (Phi) is 4.35. The van der Waals surface area contributed by atoms with Gasteiger partial charge in [-0.1, -0.05) is 0 Å². The molecule has 1 fully saturated rings. The zero-order chi connectivity index (χ0) is 10.6. The first-order chi connectivity index (χ1) is 6.63. The minimum atomic E-state index is -0.310. The fourth-order valence-corrected chi connectivity index (χ4v) is 1.15. The molecule has 1 aliphatic carbocycles. The van der Waals surface area contributed by atoms with E-state index in [1.165, 1.54) is 7.11 Å². The molecule has 0 amide bonds. The molecule has 0 aliphatic heterocycles. The van der Waals surface area contributed by atoms with Gasteiger partial charge in [0.2, 0.25) is 0 Å². The molecular formula is C10H19NO3. The van der Waals surface area contributed by atoms with Gasteiger partial charge in [0.15, 0.2) is 0 Å². The molecule has 0 heterocycles. The van der Waals surface area contributed by atoms with E-state index in [9.17, 15) is 4.79 Å². The molecule has 1 rings (SSSR count). The fraction of sp³-hybridized carbons (Fsp3) is 0.900. The number of esters is 1. The Morgan fingerprint density at radius 3 is 2.57 bits per heavy atom. The maximum absolute atomic E-state index is 11.3. The van der Waals surface area contributed by atoms with Crippen LogP contribution in [0.5, 0.6) is 0 Å². The molecule has 0 saturated heterocycles. The second kappa shape index (κ2) is 5.32. The third-order valence-electron chi connectivity index (χ3n) is 2.10. The van der Waals surface area contributed by atoms with Gasteiger partial charge in [0.1, 0.15) is 6.04 Å². The molecule has 0 bridgehead atoms. The SMILES string of the molecule is COC(=O)C(COC(C)C)NC1CC1. The summed E-state index contributed by atoms with van der Waals surface area (Å²) in [6, 6.07) is 0.171. The van der Waals surface area contributed by atoms with Crippen LogP contribution in [0.1, 0.15) is 26.7 Å². The summed E-state index contributed by atoms with van der Waals surface area (Å²) in [6.45, 7) is 4.29. The van der Waals surface area contributed by atoms with Gasteiger partial charge in [-0.05, 0) is 26.7 Å². The topological polar surface area (TPSA) is 47.6 Å². The van der Waals surface area contributed by atoms with Crippen LogP contribution in [0.4, 0.5) is 0 Å². The molecule has 0 radical (unpaired) electrons. The van der Waals surface area contributed by atoms with E-state index in [1.807, 2.05) is 13.8 Å². The average molecular weight is 201 g/mol. The molecule has 0 aromatic heterocycles. The number of hydrogen-bond donors (Lipinski definition) is 1. The van der Waals surface area contributed by atoms with Crippen LogP contribution in [0.15, 0.2) is 0 Å². The Morgan fingerprint density at radius 1 is 1.50 bits per heavy atom. The molecular weight excluding hydrogens is 182 g/mol. The monoisotopic (exact) mass is 201 g/mol. The summed E-state index contributed by atoms with van der Waals surface area (Å²) in [6.07, 6.45) is 2.44. The van der Waals surface area contributed by atoms with Crippen LogP contribution in [0.3, 0.4) is 0 Å². The summed E-state index contributed by atoms with van der Waals surface area (Å²) in [5, 5.41) is 3.20. The van der Waals surface area contributed by atoms with Crippen LogP contribution in [-0.4, -0.2) is 37.9 Å². The highest BCUT2D eigenvalue weighted by molar-refractivity contribution is 5.75. The lowest BCUT2D eigenvalue weighted by atomic mass is 10.3. The van der Waals surface area contributed by atoms with Gasteiger partial charge < -0.3 is 9.47 Å². The van der Waals surface area contributed by atoms with Gasteiger partial charge in [-0.15, -0.1) is 0 Å². The van der Waals surface area contributed by atoms with Crippen LogP contribution in [0.25, 0.3) is 0 Å². The Bertz CT molecular complexity index is 190. The highest BCUT2D eigenvalue weighted by atomic mass is 16.5. The first kappa shape index (κ1) is 11.5. The van der Waals surface area contributed by atoms with Crippen LogP contribution >= 0.6 is 0 Å². The number of methoxy groups -OCH3 is 1. The molecule has 4 heteroatoms. The van der Waals surface area contributed by atoms with Gasteiger partial charge in [-0.2, -0.15) is 0 Å². The molecule has 1 saturated carbocycles. The minimum Gasteiger partial charge on any atom is -0.468 e. The lowest BCUT2D eigenvalue weighted by molar-refractivity contribution is -0.145. The quantitative estimate of drug-likeness (QED) is 0.643. The summed E-state index contributed by atoms with van der Waals surface area (Å²) < 4.78 is 10.1. The first-order valence-corrected chi connectivity index (χ1v) is 5.09. The molecule has 1 unspecified atom stereocenters. The van der Waals surface area contributed by atoms with Crippen LogP contribution in [0.2, 0.25) is 0 Å². The number of carbonyl (C=O) groups is 1. The predicted octanol–water partition coefficient (Wildman–Crippen LogP) is 0.705. The Labute approximate surface area is 85.0 Å². The first-order valence-electron chi connectivity index (χ1n) is 5.09. The molecule has 1 atom stereocenters. The van der Waals surface area contributed by atoms with Crippen molar-refractivity contribution in [3.63, 3.8) is 0 Å². The molecule has 82 valence electrons. The predicted molar refractivity (Wildman–Crippen MR) is 53.0 cm³/mol. The van der Waals surface area contributed by atoms with Crippen LogP contribution in [-0.2, 0) is 14.3 Å². The third kappa shape index (κ3) is 4.07. The van der Waals surface area contributed by atoms with E-state index in [-0.39, 0.29) is 18.1 Å². The number of carbonyl (C=O) groups excluding carboxylic acids is 1. The summed E-state index contributed by atoms with van der Waals surface area (Å²) in [4.78, 5) is 11.3. The number of nitrogens with one attached hydrogen (secondary N) is 1. The summed E-state index contributed by atoms with van der Waals surface area (Å²) in [7, 11) is 1.40. The van der Waals surface area contributed by atoms with Crippen LogP contribution in [0, 0.1) is 0 Å². The average Bonchev–Trinajstić information content (AvgIpc) is 2.94. The van der Waals surface area contributed by atoms with E-state index < -0.39 is 0 Å². The van der Waals surface area contributed by atoms with Gasteiger partial charge in [-0.25, -0.2) is 0 Å². The van der Waals surface area contributed by atoms with E-state index in [4.69, 9.17) is 9.47 Å². The van der Waals surface area contributed by atoms with E-state index in [0.717, 1.165) is 12.8 Å². The van der Waals surface area contributed by atoms with Crippen molar-refractivity contribution in [2.75, 3.05) is 13.7 Å². The number of rotatable bonds is 6. The zero-order valence-corrected chi connectivity index (χ0v) is 9.08. The molecule has 4 nitrogen and oxygen atoms in total. The number of ether oxygens (including phenoxy) is 2. The van der Waals surface area contributed by atoms with Crippen molar-refractivity contribution in [3.8, 4) is 0 Å². The van der Waals surface area contributed by atoms with Gasteiger partial charge in [0.25, 0.3) is 0 Å². The summed E-state index contributed by atoms with van der Waals surface area (Å²) in [5.74, 6) is -0.238. The van der Waals surface area contributed by atoms with Crippen molar-refractivity contribution < 1.29 is 14.3 Å². The maximum atomic E-state index is 11.3. The van der Waals surface area contributed by atoms with E-state index >= 15 is 0 Å². The molecule has 0 aromatic carbocycles. The van der Waals surface area contributed by atoms with Gasteiger partial charge >= 0.3 is 5.97 Å². The van der Waals surface area contributed by atoms with Crippen LogP contribution < -0.4 is 5.32 Å². The van der Waals surface area contributed by atoms with Crippen molar-refractivity contribution in [1.82, 2.24) is 5.32 Å². The lowest BCUT2D eigenvalue weighted by Gasteiger charge is -2.17. The van der Waals surface area contributed by atoms with Gasteiger partial charge in [0, 0.05) is 6.04 Å². The van der Waals surface area contributed by atoms with Crippen molar-refractivity contribution in [2.24, 2.45) is 0 Å². The third-order valence-corrected chi connectivity index (χ3v) is 2.10. The molecule has 0 aromatic rings. The van der Waals surface area contributed by atoms with Crippen molar-refractivity contribution in [1.29, 1.82) is 0 Å². The van der Waals surface area contributed by atoms with Crippen molar-refractivity contribution in [2.45, 2.75) is 44.9 Å². The lowest BCUT2D eigenvalue weighted by Crippen LogP contribution is -2.43. The Morgan fingerprint density at radius 2 is 2.14 bits per heavy atom. The van der Waals surface area contributed by atoms with Crippen molar-refractivity contribution >= 4 is 5.97 Å². The standard InChI is InChI=1S/C10H19NO3/c1-7(2)14-6-9(10(12)13-3)11-8-4-5-8/h7-9,11H,4-6H2,1-3H3. The minimum absolute atomic E-state index is 0.142. The Balaban J connectivity index is 2.30. The van der Waals surface area contributed by atoms with Gasteiger partial charge in [-0.3, -0.25) is 10.1 Å². The molecule has 1 N–H and O–H groups in total. The summed E-state index contributed by atoms with van der Waals surface area (Å²) >= 11 is 0. The normalized spacial score (nSPS) is 18.3. The second-order valence-electron chi connectivity index (χ2n) is 3.90.